The normalized spacial score (nSPS) is 14.5. The predicted molar refractivity (Wildman–Crippen MR) is 45.1 cm³/mol. The number of benzene rings is 1. The summed E-state index contributed by atoms with van der Waals surface area (Å²) in [6.07, 6.45) is 0. The Kier molecular flexibility index (Phi) is 1.64. The van der Waals surface area contributed by atoms with Crippen LogP contribution in [-0.4, -0.2) is 13.2 Å². The van der Waals surface area contributed by atoms with Gasteiger partial charge in [0.1, 0.15) is 18.2 Å². The van der Waals surface area contributed by atoms with Crippen molar-refractivity contribution in [2.75, 3.05) is 18.5 Å². The molecule has 0 saturated carbocycles. The lowest BCUT2D eigenvalue weighted by Gasteiger charge is -2.19. The zero-order valence-corrected chi connectivity index (χ0v) is 6.86. The van der Waals surface area contributed by atoms with Gasteiger partial charge in [0.15, 0.2) is 0 Å². The van der Waals surface area contributed by atoms with Gasteiger partial charge in [-0.05, 0) is 18.6 Å². The van der Waals surface area contributed by atoms with Crippen molar-refractivity contribution < 1.29 is 9.13 Å². The number of hydrogen-bond donors (Lipinski definition) is 1. The molecule has 0 aromatic heterocycles. The lowest BCUT2D eigenvalue weighted by Crippen LogP contribution is -2.18. The first-order valence-corrected chi connectivity index (χ1v) is 3.94. The van der Waals surface area contributed by atoms with Crippen LogP contribution in [0.5, 0.6) is 5.75 Å². The Bertz CT molecular complexity index is 281. The maximum absolute atomic E-state index is 13.0. The van der Waals surface area contributed by atoms with Gasteiger partial charge in [-0.15, -0.1) is 0 Å². The zero-order valence-electron chi connectivity index (χ0n) is 6.86. The van der Waals surface area contributed by atoms with Crippen LogP contribution in [0, 0.1) is 12.7 Å². The van der Waals surface area contributed by atoms with Crippen molar-refractivity contribution in [3.63, 3.8) is 0 Å². The van der Waals surface area contributed by atoms with Gasteiger partial charge in [-0.2, -0.15) is 0 Å². The minimum Gasteiger partial charge on any atom is -0.489 e. The molecule has 0 spiro atoms. The number of aryl methyl sites for hydroxylation is 1. The van der Waals surface area contributed by atoms with Crippen molar-refractivity contribution in [1.82, 2.24) is 0 Å². The largest absolute Gasteiger partial charge is 0.489 e. The first-order chi connectivity index (χ1) is 5.77. The van der Waals surface area contributed by atoms with E-state index >= 15 is 0 Å². The van der Waals surface area contributed by atoms with Gasteiger partial charge in [-0.25, -0.2) is 4.39 Å². The number of rotatable bonds is 0. The second-order valence-electron chi connectivity index (χ2n) is 2.87. The van der Waals surface area contributed by atoms with Gasteiger partial charge in [-0.1, -0.05) is 0 Å². The van der Waals surface area contributed by atoms with E-state index in [1.807, 2.05) is 0 Å². The minimum atomic E-state index is -0.211. The van der Waals surface area contributed by atoms with E-state index in [-0.39, 0.29) is 5.82 Å². The highest BCUT2D eigenvalue weighted by Crippen LogP contribution is 2.29. The quantitative estimate of drug-likeness (QED) is 0.637. The molecule has 1 aromatic rings. The lowest BCUT2D eigenvalue weighted by molar-refractivity contribution is 0.321. The molecule has 12 heavy (non-hydrogen) atoms. The van der Waals surface area contributed by atoms with Crippen molar-refractivity contribution in [2.24, 2.45) is 0 Å². The Hall–Kier alpha value is -1.25. The van der Waals surface area contributed by atoms with Crippen molar-refractivity contribution in [2.45, 2.75) is 6.92 Å². The number of hydrogen-bond acceptors (Lipinski definition) is 2. The second-order valence-corrected chi connectivity index (χ2v) is 2.87. The molecule has 1 aliphatic heterocycles. The molecule has 0 radical (unpaired) electrons. The SMILES string of the molecule is Cc1cc2c(cc1F)OCCN2. The summed E-state index contributed by atoms with van der Waals surface area (Å²) in [4.78, 5) is 0. The standard InChI is InChI=1S/C9H10FNO/c1-6-4-8-9(5-7(6)10)12-3-2-11-8/h4-5,11H,2-3H2,1H3. The zero-order chi connectivity index (χ0) is 8.55. The predicted octanol–water partition coefficient (Wildman–Crippen LogP) is 1.94. The maximum atomic E-state index is 13.0. The minimum absolute atomic E-state index is 0.211. The Morgan fingerprint density at radius 1 is 1.50 bits per heavy atom. The number of ether oxygens (including phenoxy) is 1. The number of halogens is 1. The van der Waals surface area contributed by atoms with Gasteiger partial charge in [0.2, 0.25) is 0 Å². The van der Waals surface area contributed by atoms with Crippen molar-refractivity contribution in [3.8, 4) is 5.75 Å². The summed E-state index contributed by atoms with van der Waals surface area (Å²) in [7, 11) is 0. The summed E-state index contributed by atoms with van der Waals surface area (Å²) in [6.45, 7) is 3.14. The highest BCUT2D eigenvalue weighted by Gasteiger charge is 2.11. The molecule has 0 saturated heterocycles. The molecule has 2 nitrogen and oxygen atoms in total. The molecule has 1 N–H and O–H groups in total. The summed E-state index contributed by atoms with van der Waals surface area (Å²) >= 11 is 0. The van der Waals surface area contributed by atoms with Crippen molar-refractivity contribution >= 4 is 5.69 Å². The molecule has 0 atom stereocenters. The second kappa shape index (κ2) is 2.66. The van der Waals surface area contributed by atoms with Gasteiger partial charge in [0, 0.05) is 12.6 Å². The van der Waals surface area contributed by atoms with Gasteiger partial charge >= 0.3 is 0 Å². The first-order valence-electron chi connectivity index (χ1n) is 3.94. The molecule has 0 aliphatic carbocycles. The third-order valence-corrected chi connectivity index (χ3v) is 1.94. The monoisotopic (exact) mass is 167 g/mol. The third kappa shape index (κ3) is 1.11. The molecule has 1 heterocycles. The van der Waals surface area contributed by atoms with Gasteiger partial charge in [0.05, 0.1) is 5.69 Å². The molecular formula is C9H10FNO. The van der Waals surface area contributed by atoms with E-state index in [1.54, 1.807) is 13.0 Å². The average molecular weight is 167 g/mol. The highest BCUT2D eigenvalue weighted by molar-refractivity contribution is 5.59. The summed E-state index contributed by atoms with van der Waals surface area (Å²) in [5.41, 5.74) is 1.53. The van der Waals surface area contributed by atoms with Crippen LogP contribution in [-0.2, 0) is 0 Å². The first kappa shape index (κ1) is 7.40. The van der Waals surface area contributed by atoms with E-state index in [4.69, 9.17) is 4.74 Å². The van der Waals surface area contributed by atoms with E-state index in [1.165, 1.54) is 6.07 Å². The van der Waals surface area contributed by atoms with E-state index in [0.29, 0.717) is 17.9 Å². The van der Waals surface area contributed by atoms with E-state index in [9.17, 15) is 4.39 Å². The van der Waals surface area contributed by atoms with Crippen LogP contribution in [0.3, 0.4) is 0 Å². The molecule has 2 rings (SSSR count). The number of nitrogens with one attached hydrogen (secondary N) is 1. The van der Waals surface area contributed by atoms with Crippen LogP contribution < -0.4 is 10.1 Å². The smallest absolute Gasteiger partial charge is 0.145 e. The van der Waals surface area contributed by atoms with Gasteiger partial charge in [0.25, 0.3) is 0 Å². The maximum Gasteiger partial charge on any atom is 0.145 e. The van der Waals surface area contributed by atoms with Crippen LogP contribution in [0.25, 0.3) is 0 Å². The number of fused-ring (bicyclic) bond motifs is 1. The number of anilines is 1. The van der Waals surface area contributed by atoms with E-state index in [0.717, 1.165) is 12.2 Å². The summed E-state index contributed by atoms with van der Waals surface area (Å²) in [5.74, 6) is 0.404. The van der Waals surface area contributed by atoms with Crippen LogP contribution >= 0.6 is 0 Å². The van der Waals surface area contributed by atoms with Crippen molar-refractivity contribution in [3.05, 3.63) is 23.5 Å². The third-order valence-electron chi connectivity index (χ3n) is 1.94. The molecule has 0 unspecified atom stereocenters. The van der Waals surface area contributed by atoms with Crippen LogP contribution in [0.2, 0.25) is 0 Å². The van der Waals surface area contributed by atoms with Crippen LogP contribution in [0.4, 0.5) is 10.1 Å². The topological polar surface area (TPSA) is 21.3 Å². The van der Waals surface area contributed by atoms with Crippen LogP contribution in [0.1, 0.15) is 5.56 Å². The molecule has 0 fully saturated rings. The van der Waals surface area contributed by atoms with E-state index < -0.39 is 0 Å². The van der Waals surface area contributed by atoms with Gasteiger partial charge in [-0.3, -0.25) is 0 Å². The fourth-order valence-electron chi connectivity index (χ4n) is 1.27. The Balaban J connectivity index is 2.49. The summed E-state index contributed by atoms with van der Waals surface area (Å²) < 4.78 is 18.3. The van der Waals surface area contributed by atoms with Crippen LogP contribution in [0.15, 0.2) is 12.1 Å². The average Bonchev–Trinajstić information content (AvgIpc) is 2.07. The molecule has 64 valence electrons. The molecule has 1 aliphatic rings. The molecule has 3 heteroatoms. The molecular weight excluding hydrogens is 157 g/mol. The van der Waals surface area contributed by atoms with E-state index in [2.05, 4.69) is 5.32 Å². The Morgan fingerprint density at radius 3 is 3.17 bits per heavy atom. The fourth-order valence-corrected chi connectivity index (χ4v) is 1.27. The lowest BCUT2D eigenvalue weighted by atomic mass is 10.2. The molecule has 1 aromatic carbocycles. The van der Waals surface area contributed by atoms with Crippen molar-refractivity contribution in [1.29, 1.82) is 0 Å². The fraction of sp³-hybridized carbons (Fsp3) is 0.333. The van der Waals surface area contributed by atoms with Gasteiger partial charge < -0.3 is 10.1 Å². The Morgan fingerprint density at radius 2 is 2.33 bits per heavy atom. The molecule has 0 amide bonds. The Labute approximate surface area is 70.3 Å². The summed E-state index contributed by atoms with van der Waals surface area (Å²) in [6, 6.07) is 3.20. The summed E-state index contributed by atoms with van der Waals surface area (Å²) in [5, 5.41) is 3.14. The molecule has 0 bridgehead atoms. The highest BCUT2D eigenvalue weighted by atomic mass is 19.1.